The van der Waals surface area contributed by atoms with Gasteiger partial charge in [-0.2, -0.15) is 5.10 Å². The predicted octanol–water partition coefficient (Wildman–Crippen LogP) is 3.91. The Hall–Kier alpha value is -3.28. The average Bonchev–Trinajstić information content (AvgIpc) is 3.05. The van der Waals surface area contributed by atoms with Gasteiger partial charge in [0.05, 0.1) is 36.6 Å². The van der Waals surface area contributed by atoms with Gasteiger partial charge in [0.25, 0.3) is 5.91 Å². The molecule has 31 heavy (non-hydrogen) atoms. The summed E-state index contributed by atoms with van der Waals surface area (Å²) < 4.78 is 8.12. The molecule has 2 aromatic carbocycles. The molecule has 4 rings (SSSR count). The van der Waals surface area contributed by atoms with Crippen molar-refractivity contribution in [3.05, 3.63) is 77.1 Å². The number of fused-ring (bicyclic) bond motifs is 1. The summed E-state index contributed by atoms with van der Waals surface area (Å²) >= 11 is 0. The maximum absolute atomic E-state index is 13.3. The van der Waals surface area contributed by atoms with E-state index in [0.717, 1.165) is 41.5 Å². The van der Waals surface area contributed by atoms with Gasteiger partial charge in [-0.3, -0.25) is 9.48 Å². The van der Waals surface area contributed by atoms with Crippen molar-refractivity contribution < 1.29 is 9.53 Å². The summed E-state index contributed by atoms with van der Waals surface area (Å²) in [7, 11) is 1.84. The Morgan fingerprint density at radius 1 is 1.13 bits per heavy atom. The molecule has 3 aromatic rings. The van der Waals surface area contributed by atoms with Crippen LogP contribution in [0.15, 0.2) is 54.6 Å². The zero-order chi connectivity index (χ0) is 22.0. The number of carbonyl (C=O) groups excluding carboxylic acids is 1. The number of rotatable bonds is 6. The Labute approximate surface area is 184 Å². The molecule has 1 atom stereocenters. The quantitative estimate of drug-likeness (QED) is 0.609. The summed E-state index contributed by atoms with van der Waals surface area (Å²) in [5, 5.41) is 4.64. The number of benzene rings is 2. The first-order valence-corrected chi connectivity index (χ1v) is 10.8. The minimum absolute atomic E-state index is 0.0141. The van der Waals surface area contributed by atoms with E-state index in [1.807, 2.05) is 62.0 Å². The lowest BCUT2D eigenvalue weighted by molar-refractivity contribution is 0.0708. The van der Waals surface area contributed by atoms with E-state index in [2.05, 4.69) is 35.1 Å². The monoisotopic (exact) mass is 418 g/mol. The number of aryl methyl sites for hydroxylation is 1. The van der Waals surface area contributed by atoms with Crippen molar-refractivity contribution in [3.8, 4) is 5.75 Å². The second-order valence-corrected chi connectivity index (χ2v) is 8.12. The van der Waals surface area contributed by atoms with E-state index in [1.165, 1.54) is 0 Å². The molecule has 0 unspecified atom stereocenters. The number of hydrogen-bond donors (Lipinski definition) is 0. The van der Waals surface area contributed by atoms with E-state index in [1.54, 1.807) is 4.90 Å². The number of nitrogens with zero attached hydrogens (tertiary/aromatic N) is 4. The lowest BCUT2D eigenvalue weighted by Gasteiger charge is -2.37. The first kappa shape index (κ1) is 21.0. The summed E-state index contributed by atoms with van der Waals surface area (Å²) in [5.74, 6) is 0.865. The van der Waals surface area contributed by atoms with Gasteiger partial charge in [0.15, 0.2) is 0 Å². The number of para-hydroxylation sites is 2. The molecular weight excluding hydrogens is 388 g/mol. The molecule has 1 aliphatic rings. The van der Waals surface area contributed by atoms with Crippen molar-refractivity contribution in [1.82, 2.24) is 14.7 Å². The van der Waals surface area contributed by atoms with Crippen LogP contribution in [-0.2, 0) is 6.54 Å². The maximum atomic E-state index is 13.3. The second-order valence-electron chi connectivity index (χ2n) is 8.12. The Morgan fingerprint density at radius 3 is 2.58 bits per heavy atom. The number of hydrogen-bond acceptors (Lipinski definition) is 4. The third-order valence-corrected chi connectivity index (χ3v) is 5.90. The van der Waals surface area contributed by atoms with E-state index < -0.39 is 0 Å². The van der Waals surface area contributed by atoms with Crippen molar-refractivity contribution in [1.29, 1.82) is 0 Å². The summed E-state index contributed by atoms with van der Waals surface area (Å²) in [6, 6.07) is 18.3. The fraction of sp³-hybridized carbons (Fsp3) is 0.360. The summed E-state index contributed by atoms with van der Waals surface area (Å²) in [6.07, 6.45) is -0.0798. The molecule has 0 saturated carbocycles. The van der Waals surface area contributed by atoms with Crippen LogP contribution in [0.25, 0.3) is 0 Å². The molecule has 1 aromatic heterocycles. The van der Waals surface area contributed by atoms with E-state index in [4.69, 9.17) is 4.74 Å². The molecule has 0 N–H and O–H groups in total. The van der Waals surface area contributed by atoms with Crippen molar-refractivity contribution in [2.45, 2.75) is 33.4 Å². The minimum Gasteiger partial charge on any atom is -0.485 e. The Bertz CT molecular complexity index is 1060. The van der Waals surface area contributed by atoms with Gasteiger partial charge in [-0.25, -0.2) is 0 Å². The largest absolute Gasteiger partial charge is 0.485 e. The maximum Gasteiger partial charge on any atom is 0.257 e. The highest BCUT2D eigenvalue weighted by molar-refractivity contribution is 5.96. The highest BCUT2D eigenvalue weighted by atomic mass is 16.5. The summed E-state index contributed by atoms with van der Waals surface area (Å²) in [6.45, 7) is 8.85. The molecule has 2 heterocycles. The normalized spacial score (nSPS) is 15.4. The van der Waals surface area contributed by atoms with E-state index in [0.29, 0.717) is 18.7 Å². The van der Waals surface area contributed by atoms with Crippen LogP contribution in [0.4, 0.5) is 5.69 Å². The Balaban J connectivity index is 1.49. The smallest absolute Gasteiger partial charge is 0.257 e. The molecule has 6 heteroatoms. The first-order chi connectivity index (χ1) is 15.0. The van der Waals surface area contributed by atoms with Gasteiger partial charge in [-0.1, -0.05) is 42.5 Å². The van der Waals surface area contributed by atoms with Crippen LogP contribution in [0.3, 0.4) is 0 Å². The van der Waals surface area contributed by atoms with Gasteiger partial charge in [0.1, 0.15) is 11.9 Å². The van der Waals surface area contributed by atoms with Crippen molar-refractivity contribution in [2.75, 3.05) is 31.6 Å². The molecule has 1 amide bonds. The molecule has 0 fully saturated rings. The van der Waals surface area contributed by atoms with Crippen LogP contribution in [0.5, 0.6) is 5.75 Å². The van der Waals surface area contributed by atoms with Gasteiger partial charge in [0, 0.05) is 19.3 Å². The number of likely N-dealkylation sites (N-methyl/N-ethyl adjacent to an activating group) is 2. The zero-order valence-electron chi connectivity index (χ0n) is 18.7. The fourth-order valence-electron chi connectivity index (χ4n) is 4.27. The molecular formula is C25H30N4O2. The Kier molecular flexibility index (Phi) is 5.98. The minimum atomic E-state index is -0.0798. The van der Waals surface area contributed by atoms with Crippen LogP contribution in [0.2, 0.25) is 0 Å². The van der Waals surface area contributed by atoms with Gasteiger partial charge < -0.3 is 14.5 Å². The third kappa shape index (κ3) is 4.29. The van der Waals surface area contributed by atoms with Gasteiger partial charge in [-0.05, 0) is 38.5 Å². The zero-order valence-corrected chi connectivity index (χ0v) is 18.7. The van der Waals surface area contributed by atoms with Crippen LogP contribution in [0, 0.1) is 13.8 Å². The highest BCUT2D eigenvalue weighted by Crippen LogP contribution is 2.33. The standard InChI is InChI=1S/C25H30N4O2/c1-5-28-17-21(31-23-14-10-9-13-22(23)28)16-27(4)25(30)24-18(2)26-29(19(24)3)15-20-11-7-6-8-12-20/h6-14,21H,5,15-17H2,1-4H3/t21-/m0/s1. The second kappa shape index (κ2) is 8.84. The average molecular weight is 419 g/mol. The van der Waals surface area contributed by atoms with Crippen molar-refractivity contribution >= 4 is 11.6 Å². The third-order valence-electron chi connectivity index (χ3n) is 5.90. The number of aromatic nitrogens is 2. The lowest BCUT2D eigenvalue weighted by Crippen LogP contribution is -2.47. The van der Waals surface area contributed by atoms with Crippen molar-refractivity contribution in [2.24, 2.45) is 0 Å². The molecule has 1 aliphatic heterocycles. The lowest BCUT2D eigenvalue weighted by atomic mass is 10.1. The van der Waals surface area contributed by atoms with Crippen molar-refractivity contribution in [3.63, 3.8) is 0 Å². The molecule has 6 nitrogen and oxygen atoms in total. The fourth-order valence-corrected chi connectivity index (χ4v) is 4.27. The van der Waals surface area contributed by atoms with Crippen LogP contribution >= 0.6 is 0 Å². The SMILES string of the molecule is CCN1C[C@H](CN(C)C(=O)c2c(C)nn(Cc3ccccc3)c2C)Oc2ccccc21. The molecule has 0 saturated heterocycles. The highest BCUT2D eigenvalue weighted by Gasteiger charge is 2.28. The molecule has 0 spiro atoms. The topological polar surface area (TPSA) is 50.6 Å². The summed E-state index contributed by atoms with van der Waals surface area (Å²) in [4.78, 5) is 17.4. The predicted molar refractivity (Wildman–Crippen MR) is 123 cm³/mol. The molecule has 0 aliphatic carbocycles. The van der Waals surface area contributed by atoms with E-state index in [9.17, 15) is 4.79 Å². The van der Waals surface area contributed by atoms with Gasteiger partial charge >= 0.3 is 0 Å². The molecule has 162 valence electrons. The van der Waals surface area contributed by atoms with E-state index in [-0.39, 0.29) is 12.0 Å². The Morgan fingerprint density at radius 2 is 1.84 bits per heavy atom. The number of carbonyl (C=O) groups is 1. The summed E-state index contributed by atoms with van der Waals surface area (Å²) in [5.41, 5.74) is 4.61. The van der Waals surface area contributed by atoms with Gasteiger partial charge in [0.2, 0.25) is 0 Å². The van der Waals surface area contributed by atoms with Crippen LogP contribution in [0.1, 0.15) is 34.2 Å². The van der Waals surface area contributed by atoms with Crippen LogP contribution in [-0.4, -0.2) is 53.4 Å². The number of ether oxygens (including phenoxy) is 1. The van der Waals surface area contributed by atoms with Gasteiger partial charge in [-0.15, -0.1) is 0 Å². The molecule has 0 bridgehead atoms. The molecule has 0 radical (unpaired) electrons. The number of anilines is 1. The number of amides is 1. The van der Waals surface area contributed by atoms with E-state index >= 15 is 0 Å². The van der Waals surface area contributed by atoms with Crippen LogP contribution < -0.4 is 9.64 Å². The first-order valence-electron chi connectivity index (χ1n) is 10.8.